The van der Waals surface area contributed by atoms with E-state index < -0.39 is 21.9 Å². The van der Waals surface area contributed by atoms with Gasteiger partial charge in [0.05, 0.1) is 23.0 Å². The highest BCUT2D eigenvalue weighted by Gasteiger charge is 2.40. The molecular formula is C39H47N5O6S. The Morgan fingerprint density at radius 1 is 0.863 bits per heavy atom. The first-order chi connectivity index (χ1) is 24.5. The van der Waals surface area contributed by atoms with Crippen molar-refractivity contribution in [3.8, 4) is 11.3 Å². The molecule has 3 aromatic carbocycles. The molecule has 4 aromatic rings. The molecule has 1 aliphatic heterocycles. The fourth-order valence-electron chi connectivity index (χ4n) is 6.66. The van der Waals surface area contributed by atoms with Gasteiger partial charge in [-0.1, -0.05) is 72.6 Å². The minimum atomic E-state index is -3.71. The van der Waals surface area contributed by atoms with Crippen LogP contribution in [0.4, 0.5) is 5.69 Å². The summed E-state index contributed by atoms with van der Waals surface area (Å²) in [4.78, 5) is 29.6. The fourth-order valence-corrected chi connectivity index (χ4v) is 7.95. The number of unbranched alkanes of at least 4 members (excludes halogenated alkanes) is 3. The topological polar surface area (TPSA) is 143 Å². The van der Waals surface area contributed by atoms with Crippen LogP contribution in [0.5, 0.6) is 0 Å². The second kappa shape index (κ2) is 16.4. The van der Waals surface area contributed by atoms with Crippen molar-refractivity contribution in [2.45, 2.75) is 64.2 Å². The van der Waals surface area contributed by atoms with Crippen molar-refractivity contribution in [3.05, 3.63) is 101 Å². The Balaban J connectivity index is 1.21. The molecule has 1 aliphatic rings. The Hall–Kier alpha value is -4.94. The molecule has 5 rings (SSSR count). The molecule has 1 unspecified atom stereocenters. The lowest BCUT2D eigenvalue weighted by molar-refractivity contribution is -0.138. The Labute approximate surface area is 300 Å². The molecule has 270 valence electrons. The number of rotatable bonds is 15. The van der Waals surface area contributed by atoms with Gasteiger partial charge in [-0.15, -0.1) is 0 Å². The van der Waals surface area contributed by atoms with Crippen molar-refractivity contribution in [1.29, 1.82) is 0 Å². The van der Waals surface area contributed by atoms with E-state index in [2.05, 4.69) is 20.5 Å². The first-order valence-electron chi connectivity index (χ1n) is 17.3. The van der Waals surface area contributed by atoms with E-state index in [1.807, 2.05) is 80.5 Å². The molecule has 12 heteroatoms. The van der Waals surface area contributed by atoms with Gasteiger partial charge >= 0.3 is 5.97 Å². The summed E-state index contributed by atoms with van der Waals surface area (Å²) < 4.78 is 40.4. The van der Waals surface area contributed by atoms with Gasteiger partial charge in [0.25, 0.3) is 0 Å². The SMILES string of the molecule is CCOC(=O)C1=C(C)NC(C)=C(C(=O)NCCCCCCNS(=O)(=O)c2cccc3c(N(C)C)cccc23)C1c1c(-c2ccccc2)noc1C. The zero-order valence-corrected chi connectivity index (χ0v) is 30.9. The average molecular weight is 714 g/mol. The molecule has 1 amide bonds. The van der Waals surface area contributed by atoms with Gasteiger partial charge in [0.1, 0.15) is 11.5 Å². The van der Waals surface area contributed by atoms with Gasteiger partial charge in [-0.2, -0.15) is 0 Å². The first-order valence-corrected chi connectivity index (χ1v) is 18.8. The number of amides is 1. The molecule has 0 bridgehead atoms. The van der Waals surface area contributed by atoms with Gasteiger partial charge < -0.3 is 24.8 Å². The summed E-state index contributed by atoms with van der Waals surface area (Å²) in [5, 5.41) is 12.2. The number of hydrogen-bond donors (Lipinski definition) is 3. The predicted molar refractivity (Wildman–Crippen MR) is 200 cm³/mol. The van der Waals surface area contributed by atoms with Gasteiger partial charge in [0.15, 0.2) is 0 Å². The number of carbonyl (C=O) groups excluding carboxylic acids is 2. The number of sulfonamides is 1. The summed E-state index contributed by atoms with van der Waals surface area (Å²) in [6.07, 6.45) is 2.91. The van der Waals surface area contributed by atoms with Crippen LogP contribution in [-0.2, 0) is 24.3 Å². The monoisotopic (exact) mass is 713 g/mol. The lowest BCUT2D eigenvalue weighted by Gasteiger charge is -2.31. The number of dihydropyridines is 1. The van der Waals surface area contributed by atoms with Gasteiger partial charge in [0.2, 0.25) is 15.9 Å². The molecule has 0 saturated heterocycles. The fraction of sp³-hybridized carbons (Fsp3) is 0.359. The summed E-state index contributed by atoms with van der Waals surface area (Å²) in [5.41, 5.74) is 4.91. The number of aryl methyl sites for hydroxylation is 1. The van der Waals surface area contributed by atoms with E-state index >= 15 is 0 Å². The maximum absolute atomic E-state index is 13.9. The van der Waals surface area contributed by atoms with E-state index in [4.69, 9.17) is 9.26 Å². The third-order valence-electron chi connectivity index (χ3n) is 9.06. The van der Waals surface area contributed by atoms with E-state index in [1.165, 1.54) is 0 Å². The normalized spacial score (nSPS) is 14.8. The van der Waals surface area contributed by atoms with Crippen LogP contribution in [0.1, 0.15) is 63.7 Å². The van der Waals surface area contributed by atoms with Crippen LogP contribution in [0, 0.1) is 6.92 Å². The van der Waals surface area contributed by atoms with Crippen molar-refractivity contribution in [1.82, 2.24) is 20.5 Å². The number of nitrogens with one attached hydrogen (secondary N) is 3. The number of fused-ring (bicyclic) bond motifs is 1. The molecule has 0 fully saturated rings. The summed E-state index contributed by atoms with van der Waals surface area (Å²) in [6.45, 7) is 8.04. The van der Waals surface area contributed by atoms with Crippen molar-refractivity contribution < 1.29 is 27.3 Å². The number of nitrogens with zero attached hydrogens (tertiary/aromatic N) is 2. The molecule has 0 spiro atoms. The second-order valence-corrected chi connectivity index (χ2v) is 14.5. The number of hydrogen-bond acceptors (Lipinski definition) is 9. The van der Waals surface area contributed by atoms with Crippen LogP contribution in [0.2, 0.25) is 0 Å². The Morgan fingerprint density at radius 3 is 2.24 bits per heavy atom. The zero-order chi connectivity index (χ0) is 36.7. The number of ether oxygens (including phenoxy) is 1. The van der Waals surface area contributed by atoms with E-state index in [9.17, 15) is 18.0 Å². The minimum Gasteiger partial charge on any atom is -0.463 e. The van der Waals surface area contributed by atoms with Gasteiger partial charge in [-0.25, -0.2) is 17.9 Å². The number of benzene rings is 3. The maximum Gasteiger partial charge on any atom is 0.336 e. The standard InChI is InChI=1S/C39H47N5O6S/c1-7-49-39(46)34-26(3)42-25(2)33(36(34)35-27(4)50-43-37(35)28-17-11-10-12-18-28)38(45)40-23-13-8-9-14-24-41-51(47,48)32-22-16-19-29-30(32)20-15-21-31(29)44(5)6/h10-12,15-22,36,41-42H,7-9,13-14,23-24H2,1-6H3,(H,40,45). The molecule has 0 aliphatic carbocycles. The van der Waals surface area contributed by atoms with Crippen molar-refractivity contribution in [2.75, 3.05) is 38.7 Å². The zero-order valence-electron chi connectivity index (χ0n) is 30.1. The lowest BCUT2D eigenvalue weighted by Crippen LogP contribution is -2.37. The predicted octanol–water partition coefficient (Wildman–Crippen LogP) is 6.32. The number of esters is 1. The summed E-state index contributed by atoms with van der Waals surface area (Å²) in [6, 6.07) is 20.5. The molecule has 1 atom stereocenters. The number of aromatic nitrogens is 1. The highest BCUT2D eigenvalue weighted by atomic mass is 32.2. The average Bonchev–Trinajstić information content (AvgIpc) is 3.49. The van der Waals surface area contributed by atoms with E-state index in [0.29, 0.717) is 70.9 Å². The number of allylic oxidation sites excluding steroid dienone is 2. The molecule has 2 heterocycles. The number of carbonyl (C=O) groups is 2. The first kappa shape index (κ1) is 37.3. The van der Waals surface area contributed by atoms with Crippen molar-refractivity contribution in [3.63, 3.8) is 0 Å². The third-order valence-corrected chi connectivity index (χ3v) is 10.6. The van der Waals surface area contributed by atoms with Crippen LogP contribution in [0.15, 0.2) is 98.7 Å². The minimum absolute atomic E-state index is 0.183. The summed E-state index contributed by atoms with van der Waals surface area (Å²) in [7, 11) is 0.162. The molecule has 51 heavy (non-hydrogen) atoms. The molecule has 1 aromatic heterocycles. The second-order valence-electron chi connectivity index (χ2n) is 12.8. The van der Waals surface area contributed by atoms with E-state index in [0.717, 1.165) is 29.5 Å². The Bertz CT molecular complexity index is 2070. The summed E-state index contributed by atoms with van der Waals surface area (Å²) in [5.74, 6) is -1.09. The number of anilines is 1. The maximum atomic E-state index is 13.9. The summed E-state index contributed by atoms with van der Waals surface area (Å²) >= 11 is 0. The highest BCUT2D eigenvalue weighted by molar-refractivity contribution is 7.89. The Kier molecular flexibility index (Phi) is 12.0. The largest absolute Gasteiger partial charge is 0.463 e. The molecule has 0 radical (unpaired) electrons. The van der Waals surface area contributed by atoms with E-state index in [-0.39, 0.29) is 17.4 Å². The highest BCUT2D eigenvalue weighted by Crippen LogP contribution is 2.44. The molecule has 11 nitrogen and oxygen atoms in total. The quantitative estimate of drug-likeness (QED) is 0.0953. The molecular weight excluding hydrogens is 667 g/mol. The van der Waals surface area contributed by atoms with Crippen molar-refractivity contribution >= 4 is 38.4 Å². The van der Waals surface area contributed by atoms with Crippen LogP contribution in [-0.4, -0.2) is 59.2 Å². The van der Waals surface area contributed by atoms with Crippen LogP contribution < -0.4 is 20.3 Å². The van der Waals surface area contributed by atoms with Crippen LogP contribution in [0.3, 0.4) is 0 Å². The van der Waals surface area contributed by atoms with Crippen LogP contribution >= 0.6 is 0 Å². The van der Waals surface area contributed by atoms with Gasteiger partial charge in [-0.05, 0) is 52.7 Å². The van der Waals surface area contributed by atoms with Gasteiger partial charge in [-0.3, -0.25) is 4.79 Å². The van der Waals surface area contributed by atoms with Crippen LogP contribution in [0.25, 0.3) is 22.0 Å². The molecule has 0 saturated carbocycles. The smallest absolute Gasteiger partial charge is 0.336 e. The van der Waals surface area contributed by atoms with Gasteiger partial charge in [0, 0.05) is 71.7 Å². The molecule has 3 N–H and O–H groups in total. The van der Waals surface area contributed by atoms with Crippen molar-refractivity contribution in [2.24, 2.45) is 0 Å². The van der Waals surface area contributed by atoms with E-state index in [1.54, 1.807) is 32.9 Å². The third kappa shape index (κ3) is 8.18. The Morgan fingerprint density at radius 2 is 1.53 bits per heavy atom. The lowest BCUT2D eigenvalue weighted by atomic mass is 9.78.